The van der Waals surface area contributed by atoms with Gasteiger partial charge in [0.1, 0.15) is 4.90 Å². The van der Waals surface area contributed by atoms with Crippen molar-refractivity contribution < 1.29 is 23.1 Å². The monoisotopic (exact) mass is 504 g/mol. The Labute approximate surface area is 208 Å². The fraction of sp³-hybridized carbons (Fsp3) is 0.520. The highest BCUT2D eigenvalue weighted by Gasteiger charge is 2.33. The van der Waals surface area contributed by atoms with Gasteiger partial charge in [-0.15, -0.1) is 0 Å². The number of benzene rings is 1. The predicted molar refractivity (Wildman–Crippen MR) is 133 cm³/mol. The van der Waals surface area contributed by atoms with Crippen LogP contribution in [0.5, 0.6) is 5.88 Å². The van der Waals surface area contributed by atoms with Crippen molar-refractivity contribution in [3.8, 4) is 5.88 Å². The van der Waals surface area contributed by atoms with E-state index in [0.29, 0.717) is 18.8 Å². The van der Waals surface area contributed by atoms with E-state index < -0.39 is 22.2 Å². The highest BCUT2D eigenvalue weighted by molar-refractivity contribution is 7.89. The minimum Gasteiger partial charge on any atom is -0.481 e. The molecule has 0 radical (unpaired) electrons. The van der Waals surface area contributed by atoms with Crippen LogP contribution in [0.25, 0.3) is 0 Å². The number of aromatic nitrogens is 1. The zero-order chi connectivity index (χ0) is 25.4. The number of nitrogens with one attached hydrogen (secondary N) is 2. The van der Waals surface area contributed by atoms with E-state index in [4.69, 9.17) is 4.74 Å². The molecule has 1 saturated heterocycles. The van der Waals surface area contributed by atoms with E-state index in [1.54, 1.807) is 0 Å². The maximum atomic E-state index is 13.5. The second-order valence-corrected chi connectivity index (χ2v) is 11.3. The highest BCUT2D eigenvalue weighted by Crippen LogP contribution is 2.20. The SMILES string of the molecule is COc1ccc(S(=O)(=O)N(CC(C)C)C[C@@H](O)[C@H](Cc2ccccc2)NC(=O)[C@H]2CCNC2)cn1. The van der Waals surface area contributed by atoms with Gasteiger partial charge in [-0.25, -0.2) is 13.4 Å². The summed E-state index contributed by atoms with van der Waals surface area (Å²) in [5.74, 6) is 0.0373. The number of hydrogen-bond acceptors (Lipinski definition) is 7. The number of carbonyl (C=O) groups excluding carboxylic acids is 1. The number of sulfonamides is 1. The summed E-state index contributed by atoms with van der Waals surface area (Å²) >= 11 is 0. The van der Waals surface area contributed by atoms with Gasteiger partial charge in [0, 0.05) is 25.7 Å². The Hall–Kier alpha value is -2.53. The van der Waals surface area contributed by atoms with Crippen LogP contribution in [-0.4, -0.2) is 74.2 Å². The summed E-state index contributed by atoms with van der Waals surface area (Å²) in [6.45, 7) is 5.25. The molecule has 3 rings (SSSR count). The second-order valence-electron chi connectivity index (χ2n) is 9.31. The summed E-state index contributed by atoms with van der Waals surface area (Å²) in [5.41, 5.74) is 0.944. The summed E-state index contributed by atoms with van der Waals surface area (Å²) in [4.78, 5) is 16.9. The molecule has 1 aromatic carbocycles. The molecule has 3 atom stereocenters. The number of rotatable bonds is 12. The average Bonchev–Trinajstić information content (AvgIpc) is 3.39. The number of amides is 1. The number of carbonyl (C=O) groups is 1. The number of pyridine rings is 1. The van der Waals surface area contributed by atoms with E-state index in [1.807, 2.05) is 44.2 Å². The maximum absolute atomic E-state index is 13.5. The third-order valence-corrected chi connectivity index (χ3v) is 7.85. The number of aliphatic hydroxyl groups is 1. The van der Waals surface area contributed by atoms with Gasteiger partial charge < -0.3 is 20.5 Å². The third-order valence-electron chi connectivity index (χ3n) is 6.04. The molecular formula is C25H36N4O5S. The molecule has 1 aliphatic rings. The van der Waals surface area contributed by atoms with Crippen molar-refractivity contribution in [2.45, 2.75) is 43.7 Å². The number of ether oxygens (including phenoxy) is 1. The van der Waals surface area contributed by atoms with Crippen LogP contribution in [0.2, 0.25) is 0 Å². The zero-order valence-electron chi connectivity index (χ0n) is 20.6. The van der Waals surface area contributed by atoms with Crippen LogP contribution in [0, 0.1) is 11.8 Å². The quantitative estimate of drug-likeness (QED) is 0.400. The van der Waals surface area contributed by atoms with Crippen LogP contribution in [0.15, 0.2) is 53.6 Å². The van der Waals surface area contributed by atoms with Gasteiger partial charge in [-0.1, -0.05) is 44.2 Å². The van der Waals surface area contributed by atoms with Crippen molar-refractivity contribution in [1.29, 1.82) is 0 Å². The Kier molecular flexibility index (Phi) is 9.62. The molecule has 35 heavy (non-hydrogen) atoms. The lowest BCUT2D eigenvalue weighted by Crippen LogP contribution is -2.52. The second kappa shape index (κ2) is 12.4. The van der Waals surface area contributed by atoms with Gasteiger partial charge in [-0.3, -0.25) is 4.79 Å². The van der Waals surface area contributed by atoms with Crippen LogP contribution in [0.3, 0.4) is 0 Å². The Morgan fingerprint density at radius 1 is 1.23 bits per heavy atom. The molecule has 10 heteroatoms. The largest absolute Gasteiger partial charge is 0.481 e. The van der Waals surface area contributed by atoms with Gasteiger partial charge in [0.05, 0.1) is 31.4 Å². The van der Waals surface area contributed by atoms with E-state index in [2.05, 4.69) is 15.6 Å². The van der Waals surface area contributed by atoms with E-state index in [9.17, 15) is 18.3 Å². The van der Waals surface area contributed by atoms with Crippen molar-refractivity contribution in [1.82, 2.24) is 19.9 Å². The summed E-state index contributed by atoms with van der Waals surface area (Å²) in [5, 5.41) is 17.4. The third kappa shape index (κ3) is 7.47. The van der Waals surface area contributed by atoms with Crippen LogP contribution in [-0.2, 0) is 21.2 Å². The maximum Gasteiger partial charge on any atom is 0.244 e. The number of nitrogens with zero attached hydrogens (tertiary/aromatic N) is 2. The van der Waals surface area contributed by atoms with Crippen molar-refractivity contribution >= 4 is 15.9 Å². The summed E-state index contributed by atoms with van der Waals surface area (Å²) in [6.07, 6.45) is 1.25. The summed E-state index contributed by atoms with van der Waals surface area (Å²) in [7, 11) is -2.48. The smallest absolute Gasteiger partial charge is 0.244 e. The Morgan fingerprint density at radius 3 is 2.54 bits per heavy atom. The molecule has 1 amide bonds. The van der Waals surface area contributed by atoms with E-state index in [1.165, 1.54) is 29.7 Å². The van der Waals surface area contributed by atoms with E-state index in [-0.39, 0.29) is 35.7 Å². The molecule has 0 spiro atoms. The predicted octanol–water partition coefficient (Wildman–Crippen LogP) is 1.43. The van der Waals surface area contributed by atoms with Gasteiger partial charge >= 0.3 is 0 Å². The lowest BCUT2D eigenvalue weighted by Gasteiger charge is -2.31. The van der Waals surface area contributed by atoms with Gasteiger partial charge in [-0.05, 0) is 36.9 Å². The summed E-state index contributed by atoms with van der Waals surface area (Å²) < 4.78 is 33.2. The van der Waals surface area contributed by atoms with Gasteiger partial charge in [0.2, 0.25) is 21.8 Å². The van der Waals surface area contributed by atoms with Crippen molar-refractivity contribution in [3.05, 3.63) is 54.2 Å². The topological polar surface area (TPSA) is 121 Å². The number of hydrogen-bond donors (Lipinski definition) is 3. The Bertz CT molecular complexity index is 1040. The lowest BCUT2D eigenvalue weighted by atomic mass is 9.99. The van der Waals surface area contributed by atoms with Gasteiger partial charge in [0.15, 0.2) is 0 Å². The Morgan fingerprint density at radius 2 is 1.97 bits per heavy atom. The molecule has 9 nitrogen and oxygen atoms in total. The molecule has 2 aromatic rings. The van der Waals surface area contributed by atoms with Crippen molar-refractivity contribution in [3.63, 3.8) is 0 Å². The zero-order valence-corrected chi connectivity index (χ0v) is 21.4. The molecule has 0 bridgehead atoms. The fourth-order valence-corrected chi connectivity index (χ4v) is 5.70. The molecule has 0 saturated carbocycles. The minimum atomic E-state index is -3.93. The number of aliphatic hydroxyl groups excluding tert-OH is 1. The molecule has 192 valence electrons. The molecule has 1 aliphatic heterocycles. The number of methoxy groups -OCH3 is 1. The first-order valence-corrected chi connectivity index (χ1v) is 13.4. The standard InChI is InChI=1S/C25H36N4O5S/c1-18(2)16-29(35(32,33)21-9-10-24(34-3)27-15-21)17-23(30)22(13-19-7-5-4-6-8-19)28-25(31)20-11-12-26-14-20/h4-10,15,18,20,22-23,26,30H,11-14,16-17H2,1-3H3,(H,28,31)/t20-,22-,23+/m0/s1. The molecule has 0 aliphatic carbocycles. The van der Waals surface area contributed by atoms with E-state index >= 15 is 0 Å². The summed E-state index contributed by atoms with van der Waals surface area (Å²) in [6, 6.07) is 11.8. The highest BCUT2D eigenvalue weighted by atomic mass is 32.2. The van der Waals surface area contributed by atoms with Crippen molar-refractivity contribution in [2.75, 3.05) is 33.3 Å². The molecule has 0 unspecified atom stereocenters. The molecule has 1 fully saturated rings. The first-order chi connectivity index (χ1) is 16.7. The van der Waals surface area contributed by atoms with Crippen LogP contribution in [0.1, 0.15) is 25.8 Å². The minimum absolute atomic E-state index is 0.0202. The molecule has 3 N–H and O–H groups in total. The molecule has 2 heterocycles. The van der Waals surface area contributed by atoms with Gasteiger partial charge in [-0.2, -0.15) is 4.31 Å². The van der Waals surface area contributed by atoms with E-state index in [0.717, 1.165) is 18.5 Å². The molecular weight excluding hydrogens is 468 g/mol. The first-order valence-electron chi connectivity index (χ1n) is 11.9. The molecule has 1 aromatic heterocycles. The average molecular weight is 505 g/mol. The van der Waals surface area contributed by atoms with Crippen molar-refractivity contribution in [2.24, 2.45) is 11.8 Å². The Balaban J connectivity index is 1.83. The lowest BCUT2D eigenvalue weighted by molar-refractivity contribution is -0.126. The van der Waals surface area contributed by atoms with Gasteiger partial charge in [0.25, 0.3) is 0 Å². The first kappa shape index (κ1) is 27.1. The van der Waals surface area contributed by atoms with Crippen LogP contribution < -0.4 is 15.4 Å². The van der Waals surface area contributed by atoms with Crippen LogP contribution >= 0.6 is 0 Å². The van der Waals surface area contributed by atoms with Crippen LogP contribution in [0.4, 0.5) is 0 Å². The fourth-order valence-electron chi connectivity index (χ4n) is 4.13. The normalized spacial score (nSPS) is 17.9.